The fourth-order valence-corrected chi connectivity index (χ4v) is 3.21. The normalized spacial score (nSPS) is 14.2. The number of likely N-dealkylation sites (N-methyl/N-ethyl adjacent to an activating group) is 1. The van der Waals surface area contributed by atoms with E-state index in [-0.39, 0.29) is 16.6 Å². The summed E-state index contributed by atoms with van der Waals surface area (Å²) in [6.45, 7) is 0.972. The van der Waals surface area contributed by atoms with Gasteiger partial charge in [0, 0.05) is 12.6 Å². The van der Waals surface area contributed by atoms with Gasteiger partial charge in [0.25, 0.3) is 0 Å². The molecule has 0 radical (unpaired) electrons. The summed E-state index contributed by atoms with van der Waals surface area (Å²) < 4.78 is 20.0. The molecular weight excluding hydrogens is 457 g/mol. The Labute approximate surface area is 184 Å². The van der Waals surface area contributed by atoms with Crippen molar-refractivity contribution in [3.63, 3.8) is 0 Å². The van der Waals surface area contributed by atoms with Gasteiger partial charge in [0.05, 0.1) is 10.2 Å². The van der Waals surface area contributed by atoms with E-state index in [0.717, 1.165) is 24.5 Å². The molecule has 0 aromatic heterocycles. The minimum atomic E-state index is -1.30. The second-order valence-corrected chi connectivity index (χ2v) is 8.06. The van der Waals surface area contributed by atoms with Crippen molar-refractivity contribution in [2.75, 3.05) is 32.6 Å². The molecule has 1 atom stereocenters. The van der Waals surface area contributed by atoms with Crippen LogP contribution in [0.1, 0.15) is 25.7 Å². The van der Waals surface area contributed by atoms with E-state index in [1.807, 2.05) is 25.1 Å². The molecule has 1 aliphatic rings. The number of halogens is 2. The Balaban J connectivity index is 2.12. The third-order valence-corrected chi connectivity index (χ3v) is 5.09. The van der Waals surface area contributed by atoms with Gasteiger partial charge in [0.1, 0.15) is 24.2 Å². The van der Waals surface area contributed by atoms with Crippen molar-refractivity contribution in [3.05, 3.63) is 46.2 Å². The summed E-state index contributed by atoms with van der Waals surface area (Å²) in [6.07, 6.45) is 7.56. The number of hydrogen-bond acceptors (Lipinski definition) is 4. The number of nitrogens with one attached hydrogen (secondary N) is 2. The van der Waals surface area contributed by atoms with Crippen molar-refractivity contribution in [2.24, 2.45) is 0 Å². The van der Waals surface area contributed by atoms with Gasteiger partial charge in [-0.1, -0.05) is 23.8 Å². The van der Waals surface area contributed by atoms with Crippen molar-refractivity contribution in [1.82, 2.24) is 10.2 Å². The van der Waals surface area contributed by atoms with Crippen molar-refractivity contribution in [3.8, 4) is 5.75 Å². The highest BCUT2D eigenvalue weighted by Gasteiger charge is 2.23. The first-order chi connectivity index (χ1) is 14.3. The van der Waals surface area contributed by atoms with E-state index in [1.54, 1.807) is 0 Å². The Hall–Kier alpha value is -2.39. The number of ether oxygens (including phenoxy) is 1. The highest BCUT2D eigenvalue weighted by Crippen LogP contribution is 2.31. The molecule has 7 nitrogen and oxygen atoms in total. The molecule has 0 heterocycles. The second kappa shape index (κ2) is 11.7. The third-order valence-electron chi connectivity index (χ3n) is 4.48. The number of hydrogen-bond donors (Lipinski definition) is 3. The van der Waals surface area contributed by atoms with Gasteiger partial charge < -0.3 is 25.4 Å². The van der Waals surface area contributed by atoms with E-state index in [0.29, 0.717) is 25.3 Å². The van der Waals surface area contributed by atoms with Gasteiger partial charge in [0.2, 0.25) is 5.91 Å². The SMILES string of the molecule is CN(C)CCOc1cc(Br)c(F)cc1NC(=O)C(CCC1=CCCC=C1)NC(=O)O. The van der Waals surface area contributed by atoms with Crippen molar-refractivity contribution < 1.29 is 23.8 Å². The highest BCUT2D eigenvalue weighted by molar-refractivity contribution is 9.10. The molecule has 0 aliphatic heterocycles. The predicted octanol–water partition coefficient (Wildman–Crippen LogP) is 4.16. The minimum Gasteiger partial charge on any atom is -0.490 e. The van der Waals surface area contributed by atoms with Crippen LogP contribution in [0.3, 0.4) is 0 Å². The summed E-state index contributed by atoms with van der Waals surface area (Å²) in [6, 6.07) is 1.61. The van der Waals surface area contributed by atoms with E-state index < -0.39 is 23.9 Å². The maximum absolute atomic E-state index is 14.1. The fraction of sp³-hybridized carbons (Fsp3) is 0.429. The second-order valence-electron chi connectivity index (χ2n) is 7.20. The summed E-state index contributed by atoms with van der Waals surface area (Å²) in [5.41, 5.74) is 1.21. The Morgan fingerprint density at radius 1 is 1.33 bits per heavy atom. The van der Waals surface area contributed by atoms with E-state index in [9.17, 15) is 14.0 Å². The Morgan fingerprint density at radius 3 is 2.73 bits per heavy atom. The van der Waals surface area contributed by atoms with Gasteiger partial charge in [-0.2, -0.15) is 0 Å². The molecule has 0 fully saturated rings. The van der Waals surface area contributed by atoms with E-state index in [1.165, 1.54) is 6.07 Å². The maximum atomic E-state index is 14.1. The van der Waals surface area contributed by atoms with Crippen LogP contribution < -0.4 is 15.4 Å². The molecule has 1 aliphatic carbocycles. The minimum absolute atomic E-state index is 0.147. The highest BCUT2D eigenvalue weighted by atomic mass is 79.9. The first kappa shape index (κ1) is 23.9. The van der Waals surface area contributed by atoms with Gasteiger partial charge in [-0.05, 0) is 61.8 Å². The van der Waals surface area contributed by atoms with E-state index in [4.69, 9.17) is 9.84 Å². The quantitative estimate of drug-likeness (QED) is 0.464. The Kier molecular flexibility index (Phi) is 9.32. The van der Waals surface area contributed by atoms with Crippen molar-refractivity contribution in [2.45, 2.75) is 31.7 Å². The number of rotatable bonds is 10. The number of carbonyl (C=O) groups is 2. The zero-order valence-corrected chi connectivity index (χ0v) is 18.7. The van der Waals surface area contributed by atoms with Gasteiger partial charge >= 0.3 is 6.09 Å². The zero-order chi connectivity index (χ0) is 22.1. The third kappa shape index (κ3) is 7.79. The van der Waals surface area contributed by atoms with E-state index in [2.05, 4.69) is 38.7 Å². The van der Waals surface area contributed by atoms with Crippen LogP contribution in [0, 0.1) is 5.82 Å². The number of benzene rings is 1. The van der Waals surface area contributed by atoms with Crippen LogP contribution >= 0.6 is 15.9 Å². The monoisotopic (exact) mass is 483 g/mol. The number of anilines is 1. The molecule has 2 amide bonds. The number of carboxylic acid groups (broad SMARTS) is 1. The lowest BCUT2D eigenvalue weighted by atomic mass is 9.99. The smallest absolute Gasteiger partial charge is 0.405 e. The van der Waals surface area contributed by atoms with Gasteiger partial charge in [-0.25, -0.2) is 9.18 Å². The average Bonchev–Trinajstić information content (AvgIpc) is 2.69. The molecular formula is C21H27BrFN3O4. The largest absolute Gasteiger partial charge is 0.490 e. The lowest BCUT2D eigenvalue weighted by Gasteiger charge is -2.20. The number of allylic oxidation sites excluding steroid dienone is 4. The molecule has 0 spiro atoms. The maximum Gasteiger partial charge on any atom is 0.405 e. The average molecular weight is 484 g/mol. The first-order valence-corrected chi connectivity index (χ1v) is 10.5. The van der Waals surface area contributed by atoms with Crippen LogP contribution in [-0.2, 0) is 4.79 Å². The van der Waals surface area contributed by atoms with Crippen LogP contribution in [0.4, 0.5) is 14.9 Å². The van der Waals surface area contributed by atoms with Crippen LogP contribution in [0.25, 0.3) is 0 Å². The molecule has 30 heavy (non-hydrogen) atoms. The fourth-order valence-electron chi connectivity index (χ4n) is 2.89. The summed E-state index contributed by atoms with van der Waals surface area (Å²) in [5.74, 6) is -0.840. The molecule has 1 aromatic carbocycles. The molecule has 9 heteroatoms. The van der Waals surface area contributed by atoms with Gasteiger partial charge in [-0.3, -0.25) is 4.79 Å². The standard InChI is InChI=1S/C21H27BrFN3O4/c1-26(2)10-11-30-19-12-15(22)16(23)13-18(19)24-20(27)17(25-21(28)29)9-8-14-6-4-3-5-7-14/h4,6-7,12-13,17,25H,3,5,8-11H2,1-2H3,(H,24,27)(H,28,29). The first-order valence-electron chi connectivity index (χ1n) is 9.68. The summed E-state index contributed by atoms with van der Waals surface area (Å²) in [4.78, 5) is 25.9. The Morgan fingerprint density at radius 2 is 2.10 bits per heavy atom. The zero-order valence-electron chi connectivity index (χ0n) is 17.1. The topological polar surface area (TPSA) is 90.9 Å². The Bertz CT molecular complexity index is 827. The van der Waals surface area contributed by atoms with Gasteiger partial charge in [0.15, 0.2) is 0 Å². The molecule has 3 N–H and O–H groups in total. The van der Waals surface area contributed by atoms with Crippen LogP contribution in [0.5, 0.6) is 5.75 Å². The molecule has 0 bridgehead atoms. The lowest BCUT2D eigenvalue weighted by molar-refractivity contribution is -0.118. The van der Waals surface area contributed by atoms with Crippen LogP contribution in [0.15, 0.2) is 40.4 Å². The number of carbonyl (C=O) groups excluding carboxylic acids is 1. The predicted molar refractivity (Wildman–Crippen MR) is 117 cm³/mol. The van der Waals surface area contributed by atoms with Crippen LogP contribution in [0.2, 0.25) is 0 Å². The van der Waals surface area contributed by atoms with Gasteiger partial charge in [-0.15, -0.1) is 0 Å². The molecule has 0 saturated heterocycles. The summed E-state index contributed by atoms with van der Waals surface area (Å²) >= 11 is 3.12. The number of amides is 2. The van der Waals surface area contributed by atoms with Crippen molar-refractivity contribution >= 4 is 33.6 Å². The number of nitrogens with zero attached hydrogens (tertiary/aromatic N) is 1. The molecule has 1 unspecified atom stereocenters. The van der Waals surface area contributed by atoms with Crippen molar-refractivity contribution in [1.29, 1.82) is 0 Å². The lowest BCUT2D eigenvalue weighted by Crippen LogP contribution is -2.43. The molecule has 0 saturated carbocycles. The molecule has 164 valence electrons. The van der Waals surface area contributed by atoms with Crippen LogP contribution in [-0.4, -0.2) is 55.3 Å². The van der Waals surface area contributed by atoms with E-state index >= 15 is 0 Å². The summed E-state index contributed by atoms with van der Waals surface area (Å²) in [7, 11) is 3.79. The summed E-state index contributed by atoms with van der Waals surface area (Å²) in [5, 5.41) is 14.0. The molecule has 2 rings (SSSR count). The molecule has 1 aromatic rings.